The zero-order valence-corrected chi connectivity index (χ0v) is 21.0. The van der Waals surface area contributed by atoms with E-state index in [1.165, 1.54) is 11.7 Å². The number of benzene rings is 1. The minimum absolute atomic E-state index is 0.00755. The number of rotatable bonds is 6. The van der Waals surface area contributed by atoms with Crippen molar-refractivity contribution >= 4 is 52.3 Å². The fraction of sp³-hybridized carbons (Fsp3) is 0.375. The smallest absolute Gasteiger partial charge is 0.334 e. The van der Waals surface area contributed by atoms with Crippen molar-refractivity contribution in [2.75, 3.05) is 24.4 Å². The van der Waals surface area contributed by atoms with Crippen molar-refractivity contribution in [1.29, 1.82) is 5.26 Å². The molecule has 0 saturated carbocycles. The van der Waals surface area contributed by atoms with E-state index in [1.54, 1.807) is 37.4 Å². The minimum Gasteiger partial charge on any atom is -0.474 e. The molecule has 2 N–H and O–H groups in total. The Kier molecular flexibility index (Phi) is 7.76. The summed E-state index contributed by atoms with van der Waals surface area (Å²) in [6.45, 7) is 7.57. The van der Waals surface area contributed by atoms with Gasteiger partial charge in [-0.15, -0.1) is 11.3 Å². The van der Waals surface area contributed by atoms with E-state index in [-0.39, 0.29) is 29.5 Å². The lowest BCUT2D eigenvalue weighted by Crippen LogP contribution is -2.32. The van der Waals surface area contributed by atoms with Gasteiger partial charge in [-0.2, -0.15) is 5.26 Å². The van der Waals surface area contributed by atoms with Crippen molar-refractivity contribution in [3.63, 3.8) is 0 Å². The van der Waals surface area contributed by atoms with Crippen molar-refractivity contribution in [3.8, 4) is 6.07 Å². The van der Waals surface area contributed by atoms with Crippen molar-refractivity contribution < 1.29 is 19.1 Å². The van der Waals surface area contributed by atoms with Crippen LogP contribution in [0.3, 0.4) is 0 Å². The van der Waals surface area contributed by atoms with Crippen LogP contribution in [0.2, 0.25) is 0 Å². The van der Waals surface area contributed by atoms with Crippen LogP contribution in [0.15, 0.2) is 34.1 Å². The molecule has 1 aromatic heterocycles. The fourth-order valence-corrected chi connectivity index (χ4v) is 4.18. The Morgan fingerprint density at radius 3 is 2.71 bits per heavy atom. The number of nitriles is 1. The number of hydrogen-bond acceptors (Lipinski definition) is 9. The number of esters is 1. The second kappa shape index (κ2) is 10.6. The highest BCUT2D eigenvalue weighted by molar-refractivity contribution is 7.07. The lowest BCUT2D eigenvalue weighted by molar-refractivity contribution is -0.142. The van der Waals surface area contributed by atoms with Crippen LogP contribution in [0.25, 0.3) is 11.8 Å². The third-order valence-corrected chi connectivity index (χ3v) is 6.19. The van der Waals surface area contributed by atoms with Crippen LogP contribution in [-0.2, 0) is 25.6 Å². The summed E-state index contributed by atoms with van der Waals surface area (Å²) in [6, 6.07) is 8.32. The Morgan fingerprint density at radius 2 is 2.09 bits per heavy atom. The van der Waals surface area contributed by atoms with Gasteiger partial charge in [-0.3, -0.25) is 14.2 Å². The maximum atomic E-state index is 13.0. The van der Waals surface area contributed by atoms with E-state index in [4.69, 9.17) is 4.74 Å². The van der Waals surface area contributed by atoms with E-state index in [2.05, 4.69) is 20.4 Å². The van der Waals surface area contributed by atoms with E-state index < -0.39 is 17.4 Å². The molecule has 1 aliphatic rings. The Morgan fingerprint density at radius 1 is 1.37 bits per heavy atom. The molecule has 10 nitrogen and oxygen atoms in total. The lowest BCUT2D eigenvalue weighted by Gasteiger charge is -2.18. The number of amides is 1. The van der Waals surface area contributed by atoms with E-state index in [1.807, 2.05) is 26.8 Å². The molecule has 1 unspecified atom stereocenters. The zero-order valence-electron chi connectivity index (χ0n) is 20.2. The molecule has 1 amide bonds. The normalized spacial score (nSPS) is 16.6. The molecule has 184 valence electrons. The van der Waals surface area contributed by atoms with Crippen LogP contribution in [-0.4, -0.2) is 42.1 Å². The van der Waals surface area contributed by atoms with Gasteiger partial charge in [0.25, 0.3) is 5.56 Å². The molecule has 1 aromatic carbocycles. The molecule has 35 heavy (non-hydrogen) atoms. The summed E-state index contributed by atoms with van der Waals surface area (Å²) in [6.07, 6.45) is 1.55. The number of carbonyl (C=O) groups is 2. The standard InChI is InChI=1S/C24H27N5O5S/c1-6-29-20(30)18(12-26-14-8-7-9-15(10-14)27-23(32)24(2,3)4)35-21(29)16(11-25)19-28-17(13-34-19)22(31)33-5/h7-10,12,17,26H,6,13H2,1-5H3,(H,27,32)/b18-12+,21-16-. The number of methoxy groups -OCH3 is 1. The molecular formula is C24H27N5O5S. The molecule has 0 spiro atoms. The molecule has 2 heterocycles. The summed E-state index contributed by atoms with van der Waals surface area (Å²) in [5, 5.41) is 15.7. The maximum Gasteiger partial charge on any atom is 0.334 e. The number of thiazole rings is 1. The van der Waals surface area contributed by atoms with Gasteiger partial charge >= 0.3 is 5.97 Å². The molecule has 0 bridgehead atoms. The first kappa shape index (κ1) is 25.7. The van der Waals surface area contributed by atoms with Crippen LogP contribution in [0.5, 0.6) is 0 Å². The molecule has 2 aromatic rings. The van der Waals surface area contributed by atoms with E-state index in [0.717, 1.165) is 11.3 Å². The first-order valence-corrected chi connectivity index (χ1v) is 11.7. The Balaban J connectivity index is 1.97. The second-order valence-electron chi connectivity index (χ2n) is 8.67. The highest BCUT2D eigenvalue weighted by Crippen LogP contribution is 2.20. The lowest BCUT2D eigenvalue weighted by atomic mass is 9.95. The summed E-state index contributed by atoms with van der Waals surface area (Å²) in [7, 11) is 1.25. The predicted octanol–water partition coefficient (Wildman–Crippen LogP) is 1.41. The van der Waals surface area contributed by atoms with Gasteiger partial charge in [0.1, 0.15) is 27.4 Å². The number of ether oxygens (including phenoxy) is 2. The average molecular weight is 498 g/mol. The highest BCUT2D eigenvalue weighted by atomic mass is 32.1. The third kappa shape index (κ3) is 5.78. The van der Waals surface area contributed by atoms with Gasteiger partial charge in [0.2, 0.25) is 11.8 Å². The van der Waals surface area contributed by atoms with E-state index in [0.29, 0.717) is 27.1 Å². The van der Waals surface area contributed by atoms with Gasteiger partial charge in [0.15, 0.2) is 6.04 Å². The second-order valence-corrected chi connectivity index (χ2v) is 9.70. The summed E-state index contributed by atoms with van der Waals surface area (Å²) >= 11 is 1.11. The van der Waals surface area contributed by atoms with Gasteiger partial charge in [-0.05, 0) is 25.1 Å². The molecule has 0 saturated heterocycles. The number of aliphatic imine (C=N–C) groups is 1. The minimum atomic E-state index is -0.848. The van der Waals surface area contributed by atoms with Crippen molar-refractivity contribution in [2.45, 2.75) is 40.3 Å². The Labute approximate surface area is 206 Å². The van der Waals surface area contributed by atoms with Crippen LogP contribution >= 0.6 is 11.3 Å². The topological polar surface area (TPSA) is 135 Å². The molecule has 0 aliphatic carbocycles. The summed E-state index contributed by atoms with van der Waals surface area (Å²) in [4.78, 5) is 41.2. The largest absolute Gasteiger partial charge is 0.474 e. The maximum absolute atomic E-state index is 13.0. The molecule has 1 aliphatic heterocycles. The van der Waals surface area contributed by atoms with Crippen LogP contribution in [0.4, 0.5) is 11.4 Å². The van der Waals surface area contributed by atoms with Gasteiger partial charge in [-0.25, -0.2) is 9.79 Å². The molecule has 3 rings (SSSR count). The number of aromatic nitrogens is 1. The molecule has 11 heteroatoms. The summed E-state index contributed by atoms with van der Waals surface area (Å²) in [5.74, 6) is -0.665. The van der Waals surface area contributed by atoms with Crippen LogP contribution in [0, 0.1) is 16.7 Å². The first-order valence-electron chi connectivity index (χ1n) is 10.9. The van der Waals surface area contributed by atoms with Gasteiger partial charge < -0.3 is 20.1 Å². The number of carbonyl (C=O) groups excluding carboxylic acids is 2. The van der Waals surface area contributed by atoms with E-state index in [9.17, 15) is 19.6 Å². The average Bonchev–Trinajstić information content (AvgIpc) is 3.42. The third-order valence-electron chi connectivity index (χ3n) is 5.06. The van der Waals surface area contributed by atoms with Crippen LogP contribution in [0.1, 0.15) is 27.7 Å². The predicted molar refractivity (Wildman–Crippen MR) is 134 cm³/mol. The van der Waals surface area contributed by atoms with Gasteiger partial charge in [-0.1, -0.05) is 26.8 Å². The summed E-state index contributed by atoms with van der Waals surface area (Å²) in [5.41, 5.74) is 0.550. The molecule has 0 radical (unpaired) electrons. The SMILES string of the molecule is CCn1c(=O)/c(=C\Nc2cccc(NC(=O)C(C)(C)C)c2)s/c1=C(/C#N)C1=NC(C(=O)OC)CO1. The number of anilines is 2. The molecule has 0 fully saturated rings. The van der Waals surface area contributed by atoms with E-state index >= 15 is 0 Å². The Hall–Kier alpha value is -3.91. The Bertz CT molecular complexity index is 1390. The van der Waals surface area contributed by atoms with Gasteiger partial charge in [0.05, 0.1) is 7.11 Å². The first-order chi connectivity index (χ1) is 16.6. The van der Waals surface area contributed by atoms with Crippen molar-refractivity contribution in [3.05, 3.63) is 43.8 Å². The molecular weight excluding hydrogens is 470 g/mol. The number of nitrogens with one attached hydrogen (secondary N) is 2. The fourth-order valence-electron chi connectivity index (χ4n) is 3.10. The summed E-state index contributed by atoms with van der Waals surface area (Å²) < 4.78 is 12.3. The van der Waals surface area contributed by atoms with Crippen molar-refractivity contribution in [2.24, 2.45) is 10.4 Å². The monoisotopic (exact) mass is 497 g/mol. The highest BCUT2D eigenvalue weighted by Gasteiger charge is 2.29. The number of hydrogen-bond donors (Lipinski definition) is 2. The zero-order chi connectivity index (χ0) is 25.8. The van der Waals surface area contributed by atoms with Crippen LogP contribution < -0.4 is 25.4 Å². The quantitative estimate of drug-likeness (QED) is 0.576. The molecule has 1 atom stereocenters. The van der Waals surface area contributed by atoms with Crippen molar-refractivity contribution in [1.82, 2.24) is 4.57 Å². The number of nitrogens with zero attached hydrogens (tertiary/aromatic N) is 3. The van der Waals surface area contributed by atoms with Gasteiger partial charge in [0, 0.05) is 29.5 Å².